The van der Waals surface area contributed by atoms with Crippen molar-refractivity contribution < 1.29 is 18.8 Å². The third kappa shape index (κ3) is 3.05. The van der Waals surface area contributed by atoms with Crippen LogP contribution >= 0.6 is 0 Å². The van der Waals surface area contributed by atoms with Crippen LogP contribution in [0.25, 0.3) is 0 Å². The topological polar surface area (TPSA) is 97.6 Å². The van der Waals surface area contributed by atoms with E-state index in [0.29, 0.717) is 37.8 Å². The van der Waals surface area contributed by atoms with Gasteiger partial charge in [-0.05, 0) is 0 Å². The number of amides is 2. The van der Waals surface area contributed by atoms with E-state index in [1.807, 2.05) is 6.92 Å². The van der Waals surface area contributed by atoms with Gasteiger partial charge >= 0.3 is 0 Å². The highest BCUT2D eigenvalue weighted by molar-refractivity contribution is 5.89. The number of ether oxygens (including phenoxy) is 1. The Morgan fingerprint density at radius 3 is 2.95 bits per heavy atom. The Labute approximate surface area is 121 Å². The molecule has 0 aromatic carbocycles. The molecule has 114 valence electrons. The fraction of sp³-hybridized carbons (Fsp3) is 0.692. The lowest BCUT2D eigenvalue weighted by Gasteiger charge is -2.39. The highest BCUT2D eigenvalue weighted by atomic mass is 16.5. The molecule has 2 aliphatic rings. The van der Waals surface area contributed by atoms with E-state index in [1.165, 1.54) is 0 Å². The predicted octanol–water partition coefficient (Wildman–Crippen LogP) is -0.504. The van der Waals surface area contributed by atoms with Crippen molar-refractivity contribution in [3.8, 4) is 0 Å². The molecule has 2 fully saturated rings. The van der Waals surface area contributed by atoms with Gasteiger partial charge in [0.25, 0.3) is 5.89 Å². The number of aromatic nitrogens is 2. The minimum atomic E-state index is -0.221. The third-order valence-electron chi connectivity index (χ3n) is 3.76. The number of hydrogen-bond donors (Lipinski definition) is 1. The van der Waals surface area contributed by atoms with Crippen molar-refractivity contribution in [3.63, 3.8) is 0 Å². The van der Waals surface area contributed by atoms with Crippen LogP contribution in [-0.2, 0) is 27.4 Å². The molecule has 0 aliphatic carbocycles. The van der Waals surface area contributed by atoms with Gasteiger partial charge in [0, 0.05) is 32.5 Å². The second-order valence-corrected chi connectivity index (χ2v) is 5.34. The highest BCUT2D eigenvalue weighted by Crippen LogP contribution is 2.20. The van der Waals surface area contributed by atoms with Gasteiger partial charge in [0.1, 0.15) is 6.61 Å². The molecule has 0 radical (unpaired) electrons. The minimum absolute atomic E-state index is 0.00371. The summed E-state index contributed by atoms with van der Waals surface area (Å²) in [6, 6.07) is 0. The minimum Gasteiger partial charge on any atom is -0.365 e. The van der Waals surface area contributed by atoms with Crippen LogP contribution in [0.15, 0.2) is 4.52 Å². The molecule has 21 heavy (non-hydrogen) atoms. The number of carbonyl (C=O) groups excluding carboxylic acids is 2. The molecule has 3 rings (SSSR count). The third-order valence-corrected chi connectivity index (χ3v) is 3.76. The zero-order chi connectivity index (χ0) is 14.8. The van der Waals surface area contributed by atoms with Crippen LogP contribution in [-0.4, -0.2) is 52.6 Å². The van der Waals surface area contributed by atoms with Crippen molar-refractivity contribution >= 4 is 11.8 Å². The summed E-state index contributed by atoms with van der Waals surface area (Å²) in [5.74, 6) is 0.880. The quantitative estimate of drug-likeness (QED) is 0.786. The van der Waals surface area contributed by atoms with E-state index in [2.05, 4.69) is 15.5 Å². The number of likely N-dealkylation sites (tertiary alicyclic amines) is 1. The van der Waals surface area contributed by atoms with Crippen LogP contribution < -0.4 is 5.32 Å². The van der Waals surface area contributed by atoms with Gasteiger partial charge < -0.3 is 19.5 Å². The second kappa shape index (κ2) is 5.80. The summed E-state index contributed by atoms with van der Waals surface area (Å²) < 4.78 is 10.6. The number of aryl methyl sites for hydroxylation is 1. The van der Waals surface area contributed by atoms with Crippen molar-refractivity contribution in [1.29, 1.82) is 0 Å². The Morgan fingerprint density at radius 1 is 1.52 bits per heavy atom. The largest absolute Gasteiger partial charge is 0.365 e. The average Bonchev–Trinajstić information content (AvgIpc) is 3.05. The molecule has 1 aromatic heterocycles. The van der Waals surface area contributed by atoms with E-state index >= 15 is 0 Å². The van der Waals surface area contributed by atoms with E-state index in [9.17, 15) is 9.59 Å². The first-order chi connectivity index (χ1) is 10.2. The van der Waals surface area contributed by atoms with Gasteiger partial charge in [-0.15, -0.1) is 0 Å². The maximum Gasteiger partial charge on any atom is 0.252 e. The fourth-order valence-electron chi connectivity index (χ4n) is 2.44. The van der Waals surface area contributed by atoms with E-state index in [4.69, 9.17) is 9.26 Å². The zero-order valence-corrected chi connectivity index (χ0v) is 11.9. The van der Waals surface area contributed by atoms with Gasteiger partial charge in [-0.2, -0.15) is 4.98 Å². The second-order valence-electron chi connectivity index (χ2n) is 5.34. The first kappa shape index (κ1) is 14.0. The van der Waals surface area contributed by atoms with Crippen molar-refractivity contribution in [2.24, 2.45) is 5.92 Å². The SMILES string of the molecule is CCc1noc(COC2CN(C(=O)C3CNC(=O)C3)C2)n1. The molecular formula is C13H18N4O4. The highest BCUT2D eigenvalue weighted by Gasteiger charge is 2.38. The number of hydrogen-bond acceptors (Lipinski definition) is 6. The molecule has 8 nitrogen and oxygen atoms in total. The predicted molar refractivity (Wildman–Crippen MR) is 69.9 cm³/mol. The van der Waals surface area contributed by atoms with E-state index in [1.54, 1.807) is 4.90 Å². The Morgan fingerprint density at radius 2 is 2.33 bits per heavy atom. The molecule has 1 aromatic rings. The number of rotatable bonds is 5. The Hall–Kier alpha value is -1.96. The molecular weight excluding hydrogens is 276 g/mol. The fourth-order valence-corrected chi connectivity index (χ4v) is 2.44. The van der Waals surface area contributed by atoms with Crippen LogP contribution in [0.4, 0.5) is 0 Å². The van der Waals surface area contributed by atoms with Gasteiger partial charge in [0.2, 0.25) is 11.8 Å². The lowest BCUT2D eigenvalue weighted by atomic mass is 10.0. The summed E-state index contributed by atoms with van der Waals surface area (Å²) in [7, 11) is 0. The summed E-state index contributed by atoms with van der Waals surface area (Å²) in [4.78, 5) is 29.1. The molecule has 1 N–H and O–H groups in total. The monoisotopic (exact) mass is 294 g/mol. The van der Waals surface area contributed by atoms with Gasteiger partial charge in [-0.3, -0.25) is 9.59 Å². The Kier molecular flexibility index (Phi) is 3.87. The van der Waals surface area contributed by atoms with Gasteiger partial charge in [-0.1, -0.05) is 12.1 Å². The van der Waals surface area contributed by atoms with E-state index in [0.717, 1.165) is 6.42 Å². The van der Waals surface area contributed by atoms with Crippen molar-refractivity contribution in [2.45, 2.75) is 32.5 Å². The van der Waals surface area contributed by atoms with Crippen molar-refractivity contribution in [1.82, 2.24) is 20.4 Å². The standard InChI is InChI=1S/C13H18N4O4/c1-2-10-15-12(21-16-10)7-20-9-5-17(6-9)13(19)8-3-11(18)14-4-8/h8-9H,2-7H2,1H3,(H,14,18). The summed E-state index contributed by atoms with van der Waals surface area (Å²) in [6.45, 7) is 3.77. The van der Waals surface area contributed by atoms with Crippen LogP contribution in [0.1, 0.15) is 25.1 Å². The van der Waals surface area contributed by atoms with Crippen LogP contribution in [0.3, 0.4) is 0 Å². The summed E-state index contributed by atoms with van der Waals surface area (Å²) >= 11 is 0. The lowest BCUT2D eigenvalue weighted by molar-refractivity contribution is -0.150. The molecule has 1 atom stereocenters. The molecule has 0 bridgehead atoms. The Bertz CT molecular complexity index is 538. The zero-order valence-electron chi connectivity index (χ0n) is 11.9. The smallest absolute Gasteiger partial charge is 0.252 e. The molecule has 3 heterocycles. The van der Waals surface area contributed by atoms with E-state index in [-0.39, 0.29) is 30.4 Å². The molecule has 0 saturated carbocycles. The molecule has 0 spiro atoms. The molecule has 2 aliphatic heterocycles. The Balaban J connectivity index is 1.39. The van der Waals surface area contributed by atoms with E-state index < -0.39 is 0 Å². The molecule has 2 saturated heterocycles. The first-order valence-electron chi connectivity index (χ1n) is 7.14. The summed E-state index contributed by atoms with van der Waals surface area (Å²) in [6.07, 6.45) is 1.02. The molecule has 8 heteroatoms. The normalized spacial score (nSPS) is 22.2. The van der Waals surface area contributed by atoms with Gasteiger partial charge in [0.05, 0.1) is 12.0 Å². The van der Waals surface area contributed by atoms with Crippen LogP contribution in [0.5, 0.6) is 0 Å². The maximum absolute atomic E-state index is 12.1. The molecule has 2 amide bonds. The molecule has 1 unspecified atom stereocenters. The first-order valence-corrected chi connectivity index (χ1v) is 7.14. The van der Waals surface area contributed by atoms with Crippen molar-refractivity contribution in [3.05, 3.63) is 11.7 Å². The van der Waals surface area contributed by atoms with Crippen molar-refractivity contribution in [2.75, 3.05) is 19.6 Å². The number of carbonyl (C=O) groups is 2. The number of nitrogens with one attached hydrogen (secondary N) is 1. The number of nitrogens with zero attached hydrogens (tertiary/aromatic N) is 3. The van der Waals surface area contributed by atoms with Gasteiger partial charge in [0.15, 0.2) is 5.82 Å². The lowest BCUT2D eigenvalue weighted by Crippen LogP contribution is -2.56. The maximum atomic E-state index is 12.1. The van der Waals surface area contributed by atoms with Crippen LogP contribution in [0.2, 0.25) is 0 Å². The summed E-state index contributed by atoms with van der Waals surface area (Å²) in [5.41, 5.74) is 0. The average molecular weight is 294 g/mol. The summed E-state index contributed by atoms with van der Waals surface area (Å²) in [5, 5.41) is 6.46. The van der Waals surface area contributed by atoms with Gasteiger partial charge in [-0.25, -0.2) is 0 Å². The van der Waals surface area contributed by atoms with Crippen LogP contribution in [0, 0.1) is 5.92 Å².